The lowest BCUT2D eigenvalue weighted by molar-refractivity contribution is 0.129. The van der Waals surface area contributed by atoms with E-state index in [0.717, 1.165) is 18.8 Å². The van der Waals surface area contributed by atoms with E-state index in [-0.39, 0.29) is 6.10 Å². The van der Waals surface area contributed by atoms with Crippen LogP contribution in [0.3, 0.4) is 0 Å². The molecule has 100 valence electrons. The number of nitrogens with zero attached hydrogens (tertiary/aromatic N) is 2. The molecule has 0 spiro atoms. The molecule has 1 aliphatic rings. The zero-order valence-corrected chi connectivity index (χ0v) is 11.4. The van der Waals surface area contributed by atoms with Crippen molar-refractivity contribution in [2.45, 2.75) is 12.6 Å². The van der Waals surface area contributed by atoms with Gasteiger partial charge in [0.2, 0.25) is 0 Å². The van der Waals surface area contributed by atoms with Gasteiger partial charge in [0.15, 0.2) is 0 Å². The van der Waals surface area contributed by atoms with E-state index in [0.29, 0.717) is 5.56 Å². The van der Waals surface area contributed by atoms with E-state index in [1.807, 2.05) is 12.1 Å². The quantitative estimate of drug-likeness (QED) is 0.836. The minimum Gasteiger partial charge on any atom is -0.484 e. The van der Waals surface area contributed by atoms with Crippen LogP contribution >= 0.6 is 0 Å². The van der Waals surface area contributed by atoms with Crippen molar-refractivity contribution in [3.8, 4) is 11.8 Å². The fourth-order valence-electron chi connectivity index (χ4n) is 2.60. The third kappa shape index (κ3) is 2.52. The third-order valence-electron chi connectivity index (χ3n) is 3.58. The Morgan fingerprint density at radius 3 is 2.65 bits per heavy atom. The van der Waals surface area contributed by atoms with E-state index in [1.54, 1.807) is 12.1 Å². The zero-order chi connectivity index (χ0) is 13.9. The summed E-state index contributed by atoms with van der Waals surface area (Å²) in [6, 6.07) is 17.8. The molecule has 3 nitrogen and oxygen atoms in total. The maximum atomic E-state index is 8.82. The molecule has 0 aromatic heterocycles. The van der Waals surface area contributed by atoms with Crippen molar-refractivity contribution >= 4 is 0 Å². The lowest BCUT2D eigenvalue weighted by Crippen LogP contribution is -2.32. The number of likely N-dealkylation sites (N-methyl/N-ethyl adjacent to an activating group) is 1. The molecule has 20 heavy (non-hydrogen) atoms. The minimum atomic E-state index is 0.0397. The van der Waals surface area contributed by atoms with Gasteiger partial charge in [-0.2, -0.15) is 5.26 Å². The highest BCUT2D eigenvalue weighted by atomic mass is 16.5. The average molecular weight is 264 g/mol. The van der Waals surface area contributed by atoms with Crippen LogP contribution in [0.5, 0.6) is 5.75 Å². The zero-order valence-electron chi connectivity index (χ0n) is 11.4. The van der Waals surface area contributed by atoms with E-state index in [1.165, 1.54) is 11.1 Å². The maximum absolute atomic E-state index is 8.82. The highest BCUT2D eigenvalue weighted by Crippen LogP contribution is 2.30. The predicted octanol–water partition coefficient (Wildman–Crippen LogP) is 3.12. The summed E-state index contributed by atoms with van der Waals surface area (Å²) in [4.78, 5) is 2.26. The van der Waals surface area contributed by atoms with Gasteiger partial charge in [-0.1, -0.05) is 24.3 Å². The number of fused-ring (bicyclic) bond motifs is 1. The van der Waals surface area contributed by atoms with Gasteiger partial charge in [-0.25, -0.2) is 0 Å². The average Bonchev–Trinajstić information content (AvgIpc) is 2.48. The molecule has 0 radical (unpaired) electrons. The lowest BCUT2D eigenvalue weighted by atomic mass is 9.97. The molecule has 0 aliphatic carbocycles. The van der Waals surface area contributed by atoms with Crippen molar-refractivity contribution in [2.24, 2.45) is 0 Å². The van der Waals surface area contributed by atoms with Gasteiger partial charge in [0.05, 0.1) is 11.6 Å². The van der Waals surface area contributed by atoms with Crippen LogP contribution in [0, 0.1) is 11.3 Å². The Labute approximate surface area is 119 Å². The first-order chi connectivity index (χ1) is 9.76. The van der Waals surface area contributed by atoms with Crippen LogP contribution in [-0.2, 0) is 6.54 Å². The van der Waals surface area contributed by atoms with Crippen LogP contribution in [0.15, 0.2) is 48.5 Å². The Kier molecular flexibility index (Phi) is 3.41. The van der Waals surface area contributed by atoms with Gasteiger partial charge < -0.3 is 4.74 Å². The van der Waals surface area contributed by atoms with Crippen LogP contribution in [-0.4, -0.2) is 18.5 Å². The summed E-state index contributed by atoms with van der Waals surface area (Å²) < 4.78 is 6.10. The summed E-state index contributed by atoms with van der Waals surface area (Å²) in [5.74, 6) is 0.805. The molecule has 2 aromatic carbocycles. The second kappa shape index (κ2) is 5.36. The van der Waals surface area contributed by atoms with Crippen molar-refractivity contribution in [3.63, 3.8) is 0 Å². The number of rotatable bonds is 2. The number of hydrogen-bond donors (Lipinski definition) is 0. The molecule has 1 unspecified atom stereocenters. The standard InChI is InChI=1S/C17H16N2O/c1-19-11-14-4-2-3-5-16(14)17(12-19)20-15-8-6-13(10-18)7-9-15/h2-9,17H,11-12H2,1H3. The van der Waals surface area contributed by atoms with Crippen LogP contribution < -0.4 is 4.74 Å². The predicted molar refractivity (Wildman–Crippen MR) is 77.3 cm³/mol. The van der Waals surface area contributed by atoms with Gasteiger partial charge in [0.25, 0.3) is 0 Å². The third-order valence-corrected chi connectivity index (χ3v) is 3.58. The molecule has 0 amide bonds. The van der Waals surface area contributed by atoms with Crippen LogP contribution in [0.4, 0.5) is 0 Å². The normalized spacial score (nSPS) is 18.1. The first kappa shape index (κ1) is 12.7. The Bertz CT molecular complexity index is 643. The van der Waals surface area contributed by atoms with E-state index < -0.39 is 0 Å². The fraction of sp³-hybridized carbons (Fsp3) is 0.235. The van der Waals surface area contributed by atoms with Crippen LogP contribution in [0.25, 0.3) is 0 Å². The Morgan fingerprint density at radius 1 is 1.15 bits per heavy atom. The number of hydrogen-bond acceptors (Lipinski definition) is 3. The van der Waals surface area contributed by atoms with Crippen molar-refractivity contribution < 1.29 is 4.74 Å². The van der Waals surface area contributed by atoms with Gasteiger partial charge in [-0.05, 0) is 42.4 Å². The molecule has 2 aromatic rings. The second-order valence-electron chi connectivity index (χ2n) is 5.14. The highest BCUT2D eigenvalue weighted by Gasteiger charge is 2.24. The van der Waals surface area contributed by atoms with Crippen molar-refractivity contribution in [2.75, 3.05) is 13.6 Å². The van der Waals surface area contributed by atoms with Gasteiger partial charge in [-0.3, -0.25) is 4.90 Å². The summed E-state index contributed by atoms with van der Waals surface area (Å²) >= 11 is 0. The number of nitriles is 1. The van der Waals surface area contributed by atoms with Crippen LogP contribution in [0.2, 0.25) is 0 Å². The summed E-state index contributed by atoms with van der Waals surface area (Å²) in [6.07, 6.45) is 0.0397. The SMILES string of the molecule is CN1Cc2ccccc2C(Oc2ccc(C#N)cc2)C1. The second-order valence-corrected chi connectivity index (χ2v) is 5.14. The van der Waals surface area contributed by atoms with E-state index >= 15 is 0 Å². The van der Waals surface area contributed by atoms with Crippen molar-refractivity contribution in [3.05, 3.63) is 65.2 Å². The van der Waals surface area contributed by atoms with Crippen molar-refractivity contribution in [1.29, 1.82) is 5.26 Å². The highest BCUT2D eigenvalue weighted by molar-refractivity contribution is 5.36. The molecule has 0 fully saturated rings. The molecule has 1 atom stereocenters. The monoisotopic (exact) mass is 264 g/mol. The molecular formula is C17H16N2O. The van der Waals surface area contributed by atoms with E-state index in [9.17, 15) is 0 Å². The first-order valence-electron chi connectivity index (χ1n) is 6.69. The minimum absolute atomic E-state index is 0.0397. The summed E-state index contributed by atoms with van der Waals surface area (Å²) in [5, 5.41) is 8.82. The summed E-state index contributed by atoms with van der Waals surface area (Å²) in [6.45, 7) is 1.83. The topological polar surface area (TPSA) is 36.3 Å². The van der Waals surface area contributed by atoms with E-state index in [2.05, 4.69) is 42.3 Å². The Hall–Kier alpha value is -2.31. The number of benzene rings is 2. The Morgan fingerprint density at radius 2 is 1.90 bits per heavy atom. The van der Waals surface area contributed by atoms with Gasteiger partial charge in [-0.15, -0.1) is 0 Å². The molecule has 0 saturated heterocycles. The molecule has 1 aliphatic heterocycles. The van der Waals surface area contributed by atoms with Crippen LogP contribution in [0.1, 0.15) is 22.8 Å². The fourth-order valence-corrected chi connectivity index (χ4v) is 2.60. The van der Waals surface area contributed by atoms with E-state index in [4.69, 9.17) is 10.00 Å². The molecule has 0 bridgehead atoms. The summed E-state index contributed by atoms with van der Waals surface area (Å²) in [7, 11) is 2.10. The molecular weight excluding hydrogens is 248 g/mol. The van der Waals surface area contributed by atoms with Gasteiger partial charge in [0.1, 0.15) is 11.9 Å². The van der Waals surface area contributed by atoms with Gasteiger partial charge >= 0.3 is 0 Å². The maximum Gasteiger partial charge on any atom is 0.137 e. The first-order valence-corrected chi connectivity index (χ1v) is 6.69. The molecule has 3 heteroatoms. The van der Waals surface area contributed by atoms with Crippen molar-refractivity contribution in [1.82, 2.24) is 4.90 Å². The smallest absolute Gasteiger partial charge is 0.137 e. The van der Waals surface area contributed by atoms with Gasteiger partial charge in [0, 0.05) is 13.1 Å². The molecule has 0 saturated carbocycles. The number of ether oxygens (including phenoxy) is 1. The molecule has 3 rings (SSSR count). The lowest BCUT2D eigenvalue weighted by Gasteiger charge is -2.32. The molecule has 0 N–H and O–H groups in total. The molecule has 1 heterocycles. The Balaban J connectivity index is 1.85. The summed E-state index contributed by atoms with van der Waals surface area (Å²) in [5.41, 5.74) is 3.23. The largest absolute Gasteiger partial charge is 0.484 e.